The van der Waals surface area contributed by atoms with Gasteiger partial charge >= 0.3 is 10.2 Å². The number of hydrogen-bond donors (Lipinski definition) is 0. The largest absolute Gasteiger partial charge is 0.343 e. The third-order valence-corrected chi connectivity index (χ3v) is 3.43. The molecule has 0 unspecified atom stereocenters. The van der Waals surface area contributed by atoms with Crippen LogP contribution >= 0.6 is 22.9 Å². The van der Waals surface area contributed by atoms with Crippen LogP contribution in [-0.4, -0.2) is 13.4 Å². The smallest absolute Gasteiger partial charge is 0.247 e. The van der Waals surface area contributed by atoms with E-state index in [0.29, 0.717) is 0 Å². The van der Waals surface area contributed by atoms with Crippen molar-refractivity contribution in [2.45, 2.75) is 10.1 Å². The van der Waals surface area contributed by atoms with Crippen molar-refractivity contribution in [3.8, 4) is 0 Å². The molecule has 0 aliphatic heterocycles. The molecule has 0 saturated carbocycles. The summed E-state index contributed by atoms with van der Waals surface area (Å²) in [6, 6.07) is 0. The molecule has 0 bridgehead atoms. The lowest BCUT2D eigenvalue weighted by Gasteiger charge is -1.89. The van der Waals surface area contributed by atoms with E-state index in [0.717, 1.165) is 11.3 Å². The lowest BCUT2D eigenvalue weighted by molar-refractivity contribution is 0.553. The number of nitrogens with zero attached hydrogens (tertiary/aromatic N) is 1. The van der Waals surface area contributed by atoms with Crippen molar-refractivity contribution in [3.63, 3.8) is 0 Å². The Labute approximate surface area is 72.0 Å². The van der Waals surface area contributed by atoms with E-state index in [9.17, 15) is 12.3 Å². The highest BCUT2D eigenvalue weighted by Crippen LogP contribution is 2.22. The normalized spacial score (nSPS) is 11.8. The number of rotatable bonds is 2. The quantitative estimate of drug-likeness (QED) is 0.556. The van der Waals surface area contributed by atoms with Crippen LogP contribution in [0.3, 0.4) is 0 Å². The van der Waals surface area contributed by atoms with E-state index in [1.165, 1.54) is 5.51 Å². The maximum atomic E-state index is 12.3. The number of hydrogen-bond acceptors (Lipinski definition) is 4. The average molecular weight is 216 g/mol. The van der Waals surface area contributed by atoms with Crippen molar-refractivity contribution < 1.29 is 12.3 Å². The van der Waals surface area contributed by atoms with E-state index in [1.807, 2.05) is 0 Å². The van der Waals surface area contributed by atoms with Crippen molar-refractivity contribution in [3.05, 3.63) is 11.2 Å². The van der Waals surface area contributed by atoms with Crippen LogP contribution in [0.15, 0.2) is 9.72 Å². The molecule has 1 aromatic rings. The van der Waals surface area contributed by atoms with Gasteiger partial charge in [0.15, 0.2) is 4.21 Å². The van der Waals surface area contributed by atoms with E-state index in [4.69, 9.17) is 11.6 Å². The molecule has 11 heavy (non-hydrogen) atoms. The van der Waals surface area contributed by atoms with Gasteiger partial charge in [0.1, 0.15) is 0 Å². The summed E-state index contributed by atoms with van der Waals surface area (Å²) >= 11 is 6.02. The van der Waals surface area contributed by atoms with Gasteiger partial charge in [-0.15, -0.1) is 22.9 Å². The summed E-state index contributed by atoms with van der Waals surface area (Å²) in [5, 5.41) is 0. The molecule has 1 rings (SSSR count). The summed E-state index contributed by atoms with van der Waals surface area (Å²) in [6.07, 6.45) is 0. The van der Waals surface area contributed by atoms with Gasteiger partial charge in [-0.05, 0) is 0 Å². The second kappa shape index (κ2) is 3.04. The molecule has 0 amide bonds. The van der Waals surface area contributed by atoms with Crippen LogP contribution in [0.4, 0.5) is 3.89 Å². The monoisotopic (exact) mass is 215 g/mol. The molecule has 0 aliphatic carbocycles. The minimum atomic E-state index is -4.63. The fourth-order valence-corrected chi connectivity index (χ4v) is 2.44. The van der Waals surface area contributed by atoms with Crippen molar-refractivity contribution in [2.75, 3.05) is 0 Å². The zero-order valence-electron chi connectivity index (χ0n) is 5.12. The number of thiazole rings is 1. The Kier molecular flexibility index (Phi) is 2.46. The molecule has 7 heteroatoms. The first-order valence-electron chi connectivity index (χ1n) is 2.48. The Hall–Kier alpha value is -0.200. The van der Waals surface area contributed by atoms with Gasteiger partial charge in [0.25, 0.3) is 0 Å². The van der Waals surface area contributed by atoms with Gasteiger partial charge in [-0.25, -0.2) is 4.98 Å². The molecule has 62 valence electrons. The zero-order chi connectivity index (χ0) is 8.48. The molecule has 1 heterocycles. The average Bonchev–Trinajstić information content (AvgIpc) is 2.31. The van der Waals surface area contributed by atoms with Crippen LogP contribution in [-0.2, 0) is 16.1 Å². The number of halogens is 2. The van der Waals surface area contributed by atoms with E-state index in [1.54, 1.807) is 0 Å². The Morgan fingerprint density at radius 2 is 2.36 bits per heavy atom. The molecule has 0 N–H and O–H groups in total. The predicted octanol–water partition coefficient (Wildman–Crippen LogP) is 1.54. The van der Waals surface area contributed by atoms with Gasteiger partial charge in [-0.1, -0.05) is 3.89 Å². The van der Waals surface area contributed by atoms with Crippen LogP contribution in [0.2, 0.25) is 0 Å². The number of alkyl halides is 1. The highest BCUT2D eigenvalue weighted by molar-refractivity contribution is 7.88. The third-order valence-electron chi connectivity index (χ3n) is 0.952. The summed E-state index contributed by atoms with van der Waals surface area (Å²) in [6.45, 7) is 0. The molecule has 3 nitrogen and oxygen atoms in total. The van der Waals surface area contributed by atoms with Gasteiger partial charge in [-0.3, -0.25) is 0 Å². The van der Waals surface area contributed by atoms with Gasteiger partial charge in [0, 0.05) is 0 Å². The Morgan fingerprint density at radius 3 is 2.73 bits per heavy atom. The molecule has 0 saturated heterocycles. The fraction of sp³-hybridized carbons (Fsp3) is 0.250. The first kappa shape index (κ1) is 8.89. The molecule has 0 aromatic carbocycles. The first-order valence-corrected chi connectivity index (χ1v) is 5.28. The maximum absolute atomic E-state index is 12.3. The summed E-state index contributed by atoms with van der Waals surface area (Å²) in [4.78, 5) is 3.57. The second-order valence-corrected chi connectivity index (χ2v) is 4.32. The summed E-state index contributed by atoms with van der Waals surface area (Å²) < 4.78 is 32.5. The van der Waals surface area contributed by atoms with Gasteiger partial charge in [0.05, 0.1) is 17.1 Å². The molecule has 0 aliphatic rings. The SMILES string of the molecule is O=S(=O)(F)c1scnc1CCl. The van der Waals surface area contributed by atoms with E-state index < -0.39 is 14.4 Å². The van der Waals surface area contributed by atoms with E-state index in [2.05, 4.69) is 4.98 Å². The van der Waals surface area contributed by atoms with Crippen LogP contribution in [0, 0.1) is 0 Å². The lowest BCUT2D eigenvalue weighted by atomic mass is 10.6. The van der Waals surface area contributed by atoms with Crippen molar-refractivity contribution in [2.24, 2.45) is 0 Å². The Bertz CT molecular complexity index is 347. The van der Waals surface area contributed by atoms with Gasteiger partial charge < -0.3 is 0 Å². The highest BCUT2D eigenvalue weighted by Gasteiger charge is 2.19. The highest BCUT2D eigenvalue weighted by atomic mass is 35.5. The molecule has 0 atom stereocenters. The van der Waals surface area contributed by atoms with Crippen molar-refractivity contribution in [1.29, 1.82) is 0 Å². The Morgan fingerprint density at radius 1 is 1.73 bits per heavy atom. The number of aromatic nitrogens is 1. The summed E-state index contributed by atoms with van der Waals surface area (Å²) in [5.41, 5.74) is 1.31. The zero-order valence-corrected chi connectivity index (χ0v) is 7.51. The van der Waals surface area contributed by atoms with E-state index >= 15 is 0 Å². The molecule has 1 aromatic heterocycles. The maximum Gasteiger partial charge on any atom is 0.343 e. The lowest BCUT2D eigenvalue weighted by Crippen LogP contribution is -1.92. The third kappa shape index (κ3) is 1.88. The van der Waals surface area contributed by atoms with Gasteiger partial charge in [-0.2, -0.15) is 8.42 Å². The summed E-state index contributed by atoms with van der Waals surface area (Å²) in [5.74, 6) is -0.0953. The second-order valence-electron chi connectivity index (χ2n) is 1.66. The molecular weight excluding hydrogens is 213 g/mol. The van der Waals surface area contributed by atoms with Crippen LogP contribution in [0.25, 0.3) is 0 Å². The molecular formula is C4H3ClFNO2S2. The molecule has 0 radical (unpaired) electrons. The standard InChI is InChI=1S/C4H3ClFNO2S2/c5-1-3-4(10-2-7-3)11(6,8)9/h2H,1H2. The fourth-order valence-electron chi connectivity index (χ4n) is 0.546. The van der Waals surface area contributed by atoms with Crippen molar-refractivity contribution >= 4 is 33.2 Å². The minimum absolute atomic E-state index is 0.0687. The van der Waals surface area contributed by atoms with Crippen LogP contribution < -0.4 is 0 Å². The Balaban J connectivity index is 3.24. The first-order chi connectivity index (χ1) is 5.05. The predicted molar refractivity (Wildman–Crippen MR) is 40.0 cm³/mol. The van der Waals surface area contributed by atoms with Crippen LogP contribution in [0.5, 0.6) is 0 Å². The van der Waals surface area contributed by atoms with Crippen molar-refractivity contribution in [1.82, 2.24) is 4.98 Å². The van der Waals surface area contributed by atoms with E-state index in [-0.39, 0.29) is 11.6 Å². The minimum Gasteiger partial charge on any atom is -0.247 e. The topological polar surface area (TPSA) is 47.0 Å². The van der Waals surface area contributed by atoms with Crippen LogP contribution in [0.1, 0.15) is 5.69 Å². The molecule has 0 spiro atoms. The van der Waals surface area contributed by atoms with Gasteiger partial charge in [0.2, 0.25) is 0 Å². The molecule has 0 fully saturated rings. The summed E-state index contributed by atoms with van der Waals surface area (Å²) in [7, 11) is -4.63.